The number of rotatable bonds is 5. The summed E-state index contributed by atoms with van der Waals surface area (Å²) in [7, 11) is 0. The molecule has 0 fully saturated rings. The SMILES string of the molecule is c1ccc(-c2nc(-c3cc(-c4cccnc4)cc(-n4c5ccccc5c5ccccc54)c3)cc(-c3ccc4c(c3)sc3ccccc34)n2)cc1. The van der Waals surface area contributed by atoms with Crippen molar-refractivity contribution in [1.82, 2.24) is 19.5 Å². The number of hydrogen-bond donors (Lipinski definition) is 0. The molecule has 0 aliphatic rings. The lowest BCUT2D eigenvalue weighted by atomic mass is 10.00. The van der Waals surface area contributed by atoms with Gasteiger partial charge in [0.25, 0.3) is 0 Å². The second kappa shape index (κ2) is 11.6. The fraction of sp³-hybridized carbons (Fsp3) is 0. The van der Waals surface area contributed by atoms with Crippen LogP contribution in [0.4, 0.5) is 0 Å². The zero-order valence-corrected chi connectivity index (χ0v) is 27.7. The number of hydrogen-bond acceptors (Lipinski definition) is 4. The topological polar surface area (TPSA) is 43.6 Å². The van der Waals surface area contributed by atoms with Crippen molar-refractivity contribution in [1.29, 1.82) is 0 Å². The Kier molecular flexibility index (Phi) is 6.64. The summed E-state index contributed by atoms with van der Waals surface area (Å²) in [5.74, 6) is 0.694. The maximum atomic E-state index is 5.24. The van der Waals surface area contributed by atoms with Crippen LogP contribution in [-0.2, 0) is 0 Å². The van der Waals surface area contributed by atoms with Crippen molar-refractivity contribution in [2.45, 2.75) is 0 Å². The highest BCUT2D eigenvalue weighted by molar-refractivity contribution is 7.25. The minimum atomic E-state index is 0.694. The van der Waals surface area contributed by atoms with Crippen LogP contribution in [-0.4, -0.2) is 19.5 Å². The average molecular weight is 657 g/mol. The standard InChI is InChI=1S/C45H28N4S/c1-2-11-29(12-3-1)45-47-39(30-20-21-38-37-16-6-9-19-43(37)50-44(38)26-30)27-40(48-45)33-23-32(31-13-10-22-46-28-31)24-34(25-33)49-41-17-7-4-14-35(41)36-15-5-8-18-42(36)49/h1-28H. The Morgan fingerprint density at radius 1 is 0.420 bits per heavy atom. The summed E-state index contributed by atoms with van der Waals surface area (Å²) in [5.41, 5.74) is 10.3. The lowest BCUT2D eigenvalue weighted by molar-refractivity contribution is 1.16. The average Bonchev–Trinajstić information content (AvgIpc) is 3.74. The molecule has 10 rings (SSSR count). The van der Waals surface area contributed by atoms with Crippen LogP contribution in [0, 0.1) is 0 Å². The van der Waals surface area contributed by atoms with Gasteiger partial charge in [0, 0.05) is 71.3 Å². The summed E-state index contributed by atoms with van der Waals surface area (Å²) < 4.78 is 4.90. The third kappa shape index (κ3) is 4.79. The highest BCUT2D eigenvalue weighted by atomic mass is 32.1. The molecule has 50 heavy (non-hydrogen) atoms. The van der Waals surface area contributed by atoms with Crippen molar-refractivity contribution in [2.24, 2.45) is 0 Å². The Balaban J connectivity index is 1.23. The van der Waals surface area contributed by atoms with Crippen LogP contribution in [0.25, 0.3) is 92.7 Å². The Labute approximate surface area is 292 Å². The Hall–Kier alpha value is -6.43. The lowest BCUT2D eigenvalue weighted by Crippen LogP contribution is -1.99. The second-order valence-electron chi connectivity index (χ2n) is 12.5. The van der Waals surface area contributed by atoms with Gasteiger partial charge in [-0.15, -0.1) is 11.3 Å². The van der Waals surface area contributed by atoms with Gasteiger partial charge in [0.1, 0.15) is 0 Å². The highest BCUT2D eigenvalue weighted by Crippen LogP contribution is 2.39. The smallest absolute Gasteiger partial charge is 0.160 e. The van der Waals surface area contributed by atoms with Crippen molar-refractivity contribution in [3.63, 3.8) is 0 Å². The molecule has 10 aromatic rings. The second-order valence-corrected chi connectivity index (χ2v) is 13.6. The molecule has 0 bridgehead atoms. The van der Waals surface area contributed by atoms with Crippen LogP contribution in [0.2, 0.25) is 0 Å². The number of nitrogens with zero attached hydrogens (tertiary/aromatic N) is 4. The number of para-hydroxylation sites is 2. The van der Waals surface area contributed by atoms with Gasteiger partial charge in [0.15, 0.2) is 5.82 Å². The molecular weight excluding hydrogens is 629 g/mol. The van der Waals surface area contributed by atoms with Gasteiger partial charge >= 0.3 is 0 Å². The lowest BCUT2D eigenvalue weighted by Gasteiger charge is -2.15. The molecule has 0 N–H and O–H groups in total. The third-order valence-electron chi connectivity index (χ3n) is 9.48. The molecule has 0 amide bonds. The number of aromatic nitrogens is 4. The summed E-state index contributed by atoms with van der Waals surface area (Å²) in [6.07, 6.45) is 3.74. The van der Waals surface area contributed by atoms with Crippen LogP contribution < -0.4 is 0 Å². The molecule has 0 atom stereocenters. The maximum Gasteiger partial charge on any atom is 0.160 e. The van der Waals surface area contributed by atoms with E-state index in [9.17, 15) is 0 Å². The van der Waals surface area contributed by atoms with E-state index in [0.717, 1.165) is 55.9 Å². The van der Waals surface area contributed by atoms with Crippen LogP contribution in [0.15, 0.2) is 170 Å². The van der Waals surface area contributed by atoms with Crippen LogP contribution in [0.5, 0.6) is 0 Å². The van der Waals surface area contributed by atoms with Crippen molar-refractivity contribution in [2.75, 3.05) is 0 Å². The molecule has 0 radical (unpaired) electrons. The van der Waals surface area contributed by atoms with Gasteiger partial charge in [0.05, 0.1) is 22.4 Å². The van der Waals surface area contributed by atoms with Crippen LogP contribution in [0.1, 0.15) is 0 Å². The third-order valence-corrected chi connectivity index (χ3v) is 10.6. The molecule has 0 aliphatic heterocycles. The van der Waals surface area contributed by atoms with Crippen molar-refractivity contribution in [3.8, 4) is 50.7 Å². The van der Waals surface area contributed by atoms with E-state index < -0.39 is 0 Å². The molecule has 4 aromatic heterocycles. The zero-order chi connectivity index (χ0) is 33.0. The van der Waals surface area contributed by atoms with E-state index in [-0.39, 0.29) is 0 Å². The van der Waals surface area contributed by atoms with Gasteiger partial charge in [-0.2, -0.15) is 0 Å². The number of thiophene rings is 1. The largest absolute Gasteiger partial charge is 0.309 e. The first kappa shape index (κ1) is 28.6. The zero-order valence-electron chi connectivity index (χ0n) is 26.9. The van der Waals surface area contributed by atoms with Gasteiger partial charge < -0.3 is 4.57 Å². The fourth-order valence-electron chi connectivity index (χ4n) is 7.13. The van der Waals surface area contributed by atoms with Gasteiger partial charge in [0.2, 0.25) is 0 Å². The van der Waals surface area contributed by atoms with Crippen molar-refractivity contribution in [3.05, 3.63) is 170 Å². The Morgan fingerprint density at radius 2 is 1.06 bits per heavy atom. The Morgan fingerprint density at radius 3 is 1.82 bits per heavy atom. The molecule has 0 saturated heterocycles. The predicted molar refractivity (Wildman–Crippen MR) is 209 cm³/mol. The monoisotopic (exact) mass is 656 g/mol. The van der Waals surface area contributed by atoms with E-state index in [1.54, 1.807) is 0 Å². The number of benzene rings is 6. The van der Waals surface area contributed by atoms with Gasteiger partial charge in [-0.3, -0.25) is 4.98 Å². The van der Waals surface area contributed by atoms with Crippen molar-refractivity contribution < 1.29 is 0 Å². The molecule has 4 heterocycles. The van der Waals surface area contributed by atoms with E-state index in [4.69, 9.17) is 9.97 Å². The van der Waals surface area contributed by atoms with E-state index in [2.05, 4.69) is 143 Å². The normalized spacial score (nSPS) is 11.6. The summed E-state index contributed by atoms with van der Waals surface area (Å²) in [6, 6.07) is 55.8. The minimum absolute atomic E-state index is 0.694. The number of pyridine rings is 1. The highest BCUT2D eigenvalue weighted by Gasteiger charge is 2.17. The van der Waals surface area contributed by atoms with Crippen LogP contribution in [0.3, 0.4) is 0 Å². The summed E-state index contributed by atoms with van der Waals surface area (Å²) in [5, 5.41) is 5.01. The molecule has 0 saturated carbocycles. The first-order chi connectivity index (χ1) is 24.8. The quantitative estimate of drug-likeness (QED) is 0.185. The van der Waals surface area contributed by atoms with E-state index in [1.165, 1.54) is 30.9 Å². The maximum absolute atomic E-state index is 5.24. The molecule has 234 valence electrons. The first-order valence-electron chi connectivity index (χ1n) is 16.7. The van der Waals surface area contributed by atoms with Crippen molar-refractivity contribution >= 4 is 53.3 Å². The molecule has 0 aliphatic carbocycles. The van der Waals surface area contributed by atoms with E-state index in [1.807, 2.05) is 48.0 Å². The Bertz CT molecular complexity index is 2820. The minimum Gasteiger partial charge on any atom is -0.309 e. The summed E-state index contributed by atoms with van der Waals surface area (Å²) in [4.78, 5) is 14.9. The van der Waals surface area contributed by atoms with Gasteiger partial charge in [-0.1, -0.05) is 103 Å². The fourth-order valence-corrected chi connectivity index (χ4v) is 8.28. The predicted octanol–water partition coefficient (Wildman–Crippen LogP) is 12.0. The molecule has 5 heteroatoms. The van der Waals surface area contributed by atoms with Gasteiger partial charge in [-0.25, -0.2) is 9.97 Å². The molecule has 4 nitrogen and oxygen atoms in total. The molecule has 0 spiro atoms. The molecule has 0 unspecified atom stereocenters. The van der Waals surface area contributed by atoms with Crippen LogP contribution >= 0.6 is 11.3 Å². The summed E-state index contributed by atoms with van der Waals surface area (Å²) >= 11 is 1.82. The van der Waals surface area contributed by atoms with E-state index in [0.29, 0.717) is 5.82 Å². The molecule has 6 aromatic carbocycles. The number of fused-ring (bicyclic) bond motifs is 6. The first-order valence-corrected chi connectivity index (χ1v) is 17.5. The summed E-state index contributed by atoms with van der Waals surface area (Å²) in [6.45, 7) is 0. The van der Waals surface area contributed by atoms with E-state index >= 15 is 0 Å². The molecular formula is C45H28N4S. The van der Waals surface area contributed by atoms with Gasteiger partial charge in [-0.05, 0) is 60.2 Å².